The van der Waals surface area contributed by atoms with E-state index in [0.29, 0.717) is 11.5 Å². The third kappa shape index (κ3) is 3.28. The Morgan fingerprint density at radius 2 is 1.95 bits per heavy atom. The van der Waals surface area contributed by atoms with Crippen molar-refractivity contribution in [3.63, 3.8) is 0 Å². The standard InChI is InChI=1S/C14H15N3O3/c1-8-7-9(2)15-14-10(8)3-4-11(17-14)16-12(18)5-6-13(19)20/h3-4,7H,5-6H2,1-2H3,(H,19,20)(H,15,16,17,18). The summed E-state index contributed by atoms with van der Waals surface area (Å²) in [5.41, 5.74) is 2.50. The van der Waals surface area contributed by atoms with Gasteiger partial charge in [0.1, 0.15) is 5.82 Å². The zero-order chi connectivity index (χ0) is 14.7. The second-order valence-corrected chi connectivity index (χ2v) is 4.59. The number of hydrogen-bond acceptors (Lipinski definition) is 4. The number of aromatic nitrogens is 2. The Hall–Kier alpha value is -2.50. The maximum absolute atomic E-state index is 11.6. The number of carbonyl (C=O) groups is 2. The number of aryl methyl sites for hydroxylation is 2. The predicted octanol–water partition coefficient (Wildman–Crippen LogP) is 2.05. The fraction of sp³-hybridized carbons (Fsp3) is 0.286. The highest BCUT2D eigenvalue weighted by Crippen LogP contribution is 2.18. The van der Waals surface area contributed by atoms with Crippen LogP contribution in [0.15, 0.2) is 18.2 Å². The lowest BCUT2D eigenvalue weighted by Gasteiger charge is -2.06. The molecule has 0 aliphatic heterocycles. The van der Waals surface area contributed by atoms with Crippen molar-refractivity contribution in [3.8, 4) is 0 Å². The highest BCUT2D eigenvalue weighted by molar-refractivity contribution is 5.92. The Labute approximate surface area is 115 Å². The number of amides is 1. The van der Waals surface area contributed by atoms with Crippen LogP contribution in [0.3, 0.4) is 0 Å². The molecule has 0 atom stereocenters. The molecule has 0 aliphatic rings. The van der Waals surface area contributed by atoms with Crippen LogP contribution in [0.2, 0.25) is 0 Å². The topological polar surface area (TPSA) is 92.2 Å². The van der Waals surface area contributed by atoms with E-state index in [4.69, 9.17) is 5.11 Å². The first-order valence-electron chi connectivity index (χ1n) is 6.22. The van der Waals surface area contributed by atoms with Crippen LogP contribution in [0.5, 0.6) is 0 Å². The van der Waals surface area contributed by atoms with E-state index in [9.17, 15) is 9.59 Å². The first kappa shape index (κ1) is 13.9. The largest absolute Gasteiger partial charge is 0.481 e. The Bertz CT molecular complexity index is 683. The zero-order valence-electron chi connectivity index (χ0n) is 11.3. The van der Waals surface area contributed by atoms with Crippen molar-refractivity contribution in [2.24, 2.45) is 0 Å². The van der Waals surface area contributed by atoms with Gasteiger partial charge in [-0.05, 0) is 37.6 Å². The minimum Gasteiger partial charge on any atom is -0.481 e. The number of anilines is 1. The Morgan fingerprint density at radius 1 is 1.20 bits per heavy atom. The molecule has 2 aromatic heterocycles. The zero-order valence-corrected chi connectivity index (χ0v) is 11.3. The van der Waals surface area contributed by atoms with E-state index < -0.39 is 5.97 Å². The molecule has 2 rings (SSSR count). The Morgan fingerprint density at radius 3 is 2.65 bits per heavy atom. The molecule has 0 saturated carbocycles. The summed E-state index contributed by atoms with van der Waals surface area (Å²) in [6.07, 6.45) is -0.273. The van der Waals surface area contributed by atoms with E-state index >= 15 is 0 Å². The van der Waals surface area contributed by atoms with Crippen LogP contribution in [-0.2, 0) is 9.59 Å². The summed E-state index contributed by atoms with van der Waals surface area (Å²) < 4.78 is 0. The highest BCUT2D eigenvalue weighted by atomic mass is 16.4. The lowest BCUT2D eigenvalue weighted by molar-refractivity contribution is -0.138. The van der Waals surface area contributed by atoms with Crippen molar-refractivity contribution in [3.05, 3.63) is 29.5 Å². The molecule has 6 nitrogen and oxygen atoms in total. The minimum atomic E-state index is -1.00. The first-order chi connectivity index (χ1) is 9.45. The molecule has 0 bridgehead atoms. The van der Waals surface area contributed by atoms with Gasteiger partial charge >= 0.3 is 5.97 Å². The third-order valence-electron chi connectivity index (χ3n) is 2.84. The summed E-state index contributed by atoms with van der Waals surface area (Å²) in [6, 6.07) is 5.50. The van der Waals surface area contributed by atoms with Gasteiger partial charge in [0.2, 0.25) is 5.91 Å². The van der Waals surface area contributed by atoms with Crippen LogP contribution < -0.4 is 5.32 Å². The number of carbonyl (C=O) groups excluding carboxylic acids is 1. The van der Waals surface area contributed by atoms with E-state index in [2.05, 4.69) is 15.3 Å². The van der Waals surface area contributed by atoms with Crippen LogP contribution in [0.1, 0.15) is 24.1 Å². The average molecular weight is 273 g/mol. The van der Waals surface area contributed by atoms with Gasteiger partial charge in [0.15, 0.2) is 5.65 Å². The number of carboxylic acids is 1. The molecule has 0 fully saturated rings. The number of carboxylic acid groups (broad SMARTS) is 1. The van der Waals surface area contributed by atoms with Gasteiger partial charge < -0.3 is 10.4 Å². The molecule has 0 saturated heterocycles. The fourth-order valence-corrected chi connectivity index (χ4v) is 1.93. The van der Waals surface area contributed by atoms with Crippen molar-refractivity contribution in [2.75, 3.05) is 5.32 Å². The lowest BCUT2D eigenvalue weighted by atomic mass is 10.1. The van der Waals surface area contributed by atoms with Crippen molar-refractivity contribution < 1.29 is 14.7 Å². The molecule has 0 aromatic carbocycles. The molecule has 0 unspecified atom stereocenters. The summed E-state index contributed by atoms with van der Waals surface area (Å²) in [7, 11) is 0. The summed E-state index contributed by atoms with van der Waals surface area (Å²) >= 11 is 0. The highest BCUT2D eigenvalue weighted by Gasteiger charge is 2.08. The van der Waals surface area contributed by atoms with Crippen LogP contribution in [-0.4, -0.2) is 27.0 Å². The SMILES string of the molecule is Cc1cc(C)c2ccc(NC(=O)CCC(=O)O)nc2n1. The molecule has 2 aromatic rings. The molecule has 20 heavy (non-hydrogen) atoms. The number of rotatable bonds is 4. The van der Waals surface area contributed by atoms with Gasteiger partial charge in [0, 0.05) is 17.5 Å². The maximum Gasteiger partial charge on any atom is 0.303 e. The molecule has 0 spiro atoms. The van der Waals surface area contributed by atoms with Crippen LogP contribution >= 0.6 is 0 Å². The lowest BCUT2D eigenvalue weighted by Crippen LogP contribution is -2.14. The predicted molar refractivity (Wildman–Crippen MR) is 74.5 cm³/mol. The van der Waals surface area contributed by atoms with E-state index in [1.165, 1.54) is 0 Å². The second kappa shape index (κ2) is 5.64. The van der Waals surface area contributed by atoms with E-state index in [1.807, 2.05) is 26.0 Å². The minimum absolute atomic E-state index is 0.0741. The summed E-state index contributed by atoms with van der Waals surface area (Å²) in [5.74, 6) is -0.992. The van der Waals surface area contributed by atoms with Crippen LogP contribution in [0.4, 0.5) is 5.82 Å². The summed E-state index contributed by atoms with van der Waals surface area (Å²) in [5, 5.41) is 12.0. The van der Waals surface area contributed by atoms with Crippen molar-refractivity contribution in [1.82, 2.24) is 9.97 Å². The number of nitrogens with zero attached hydrogens (tertiary/aromatic N) is 2. The van der Waals surface area contributed by atoms with Gasteiger partial charge in [-0.2, -0.15) is 0 Å². The number of hydrogen-bond donors (Lipinski definition) is 2. The van der Waals surface area contributed by atoms with Crippen molar-refractivity contribution in [1.29, 1.82) is 0 Å². The van der Waals surface area contributed by atoms with Gasteiger partial charge in [0.05, 0.1) is 6.42 Å². The smallest absolute Gasteiger partial charge is 0.303 e. The molecule has 2 N–H and O–H groups in total. The monoisotopic (exact) mass is 273 g/mol. The van der Waals surface area contributed by atoms with Gasteiger partial charge in [-0.1, -0.05) is 0 Å². The Kier molecular flexibility index (Phi) is 3.93. The number of aliphatic carboxylic acids is 1. The number of fused-ring (bicyclic) bond motifs is 1. The molecule has 0 radical (unpaired) electrons. The number of pyridine rings is 2. The molecule has 1 amide bonds. The third-order valence-corrected chi connectivity index (χ3v) is 2.84. The van der Waals surface area contributed by atoms with Gasteiger partial charge in [0.25, 0.3) is 0 Å². The molecule has 6 heteroatoms. The van der Waals surface area contributed by atoms with Gasteiger partial charge in [-0.25, -0.2) is 9.97 Å². The van der Waals surface area contributed by atoms with Crippen molar-refractivity contribution >= 4 is 28.7 Å². The van der Waals surface area contributed by atoms with E-state index in [-0.39, 0.29) is 18.7 Å². The normalized spacial score (nSPS) is 10.5. The fourth-order valence-electron chi connectivity index (χ4n) is 1.93. The first-order valence-corrected chi connectivity index (χ1v) is 6.22. The van der Waals surface area contributed by atoms with Crippen molar-refractivity contribution in [2.45, 2.75) is 26.7 Å². The Balaban J connectivity index is 2.19. The molecule has 2 heterocycles. The van der Waals surface area contributed by atoms with Crippen LogP contribution in [0, 0.1) is 13.8 Å². The van der Waals surface area contributed by atoms with Gasteiger partial charge in [-0.3, -0.25) is 9.59 Å². The van der Waals surface area contributed by atoms with Gasteiger partial charge in [-0.15, -0.1) is 0 Å². The summed E-state index contributed by atoms with van der Waals surface area (Å²) in [6.45, 7) is 3.86. The molecular formula is C14H15N3O3. The maximum atomic E-state index is 11.6. The quantitative estimate of drug-likeness (QED) is 0.889. The summed E-state index contributed by atoms with van der Waals surface area (Å²) in [4.78, 5) is 30.5. The van der Waals surface area contributed by atoms with E-state index in [1.54, 1.807) is 6.07 Å². The molecular weight excluding hydrogens is 258 g/mol. The van der Waals surface area contributed by atoms with Crippen LogP contribution in [0.25, 0.3) is 11.0 Å². The second-order valence-electron chi connectivity index (χ2n) is 4.59. The molecule has 0 aliphatic carbocycles. The number of nitrogens with one attached hydrogen (secondary N) is 1. The molecule has 104 valence electrons. The van der Waals surface area contributed by atoms with E-state index in [0.717, 1.165) is 16.6 Å². The average Bonchev–Trinajstić information content (AvgIpc) is 2.35.